The molecule has 0 heterocycles. The van der Waals surface area contributed by atoms with E-state index in [1.54, 1.807) is 11.9 Å². The largest absolute Gasteiger partial charge is 0.416 e. The number of hydrogen-bond acceptors (Lipinski definition) is 3. The molecule has 0 aliphatic carbocycles. The smallest absolute Gasteiger partial charge is 0.345 e. The molecule has 2 aromatic rings. The van der Waals surface area contributed by atoms with Crippen LogP contribution in [0.1, 0.15) is 23.6 Å². The molecule has 0 aromatic heterocycles. The van der Waals surface area contributed by atoms with Gasteiger partial charge in [-0.3, -0.25) is 14.5 Å². The minimum absolute atomic E-state index is 0.0274. The van der Waals surface area contributed by atoms with Crippen molar-refractivity contribution < 1.29 is 22.8 Å². The van der Waals surface area contributed by atoms with E-state index in [4.69, 9.17) is 0 Å². The van der Waals surface area contributed by atoms with Gasteiger partial charge in [0, 0.05) is 6.54 Å². The Balaban J connectivity index is 1.89. The van der Waals surface area contributed by atoms with E-state index in [0.717, 1.165) is 17.7 Å². The van der Waals surface area contributed by atoms with Gasteiger partial charge in [-0.15, -0.1) is 0 Å². The zero-order chi connectivity index (χ0) is 20.7. The van der Waals surface area contributed by atoms with Crippen molar-refractivity contribution in [1.29, 1.82) is 0 Å². The van der Waals surface area contributed by atoms with Crippen molar-refractivity contribution in [2.24, 2.45) is 0 Å². The van der Waals surface area contributed by atoms with Crippen LogP contribution in [0.4, 0.5) is 13.2 Å². The minimum atomic E-state index is -4.37. The van der Waals surface area contributed by atoms with Crippen molar-refractivity contribution in [2.75, 3.05) is 13.6 Å². The lowest BCUT2D eigenvalue weighted by Crippen LogP contribution is -2.45. The van der Waals surface area contributed by atoms with Gasteiger partial charge in [0.1, 0.15) is 0 Å². The number of likely N-dealkylation sites (N-methyl/N-ethyl adjacent to an activating group) is 1. The van der Waals surface area contributed by atoms with Crippen LogP contribution in [0.2, 0.25) is 0 Å². The SMILES string of the molecule is CC(=O)[C@H](Cc1ccccc1)NC(=O)CN(C)Cc1ccc(C(F)(F)F)cc1. The molecule has 0 radical (unpaired) electrons. The number of carbonyl (C=O) groups excluding carboxylic acids is 2. The van der Waals surface area contributed by atoms with E-state index in [1.165, 1.54) is 19.1 Å². The maximum absolute atomic E-state index is 12.6. The molecule has 0 spiro atoms. The van der Waals surface area contributed by atoms with Gasteiger partial charge in [0.15, 0.2) is 5.78 Å². The summed E-state index contributed by atoms with van der Waals surface area (Å²) >= 11 is 0. The average Bonchev–Trinajstić information content (AvgIpc) is 2.61. The number of benzene rings is 2. The van der Waals surface area contributed by atoms with E-state index >= 15 is 0 Å². The third-order valence-corrected chi connectivity index (χ3v) is 4.26. The van der Waals surface area contributed by atoms with Gasteiger partial charge < -0.3 is 5.32 Å². The Morgan fingerprint density at radius 3 is 2.14 bits per heavy atom. The van der Waals surface area contributed by atoms with E-state index in [0.29, 0.717) is 18.5 Å². The Labute approximate surface area is 162 Å². The van der Waals surface area contributed by atoms with Crippen molar-refractivity contribution in [1.82, 2.24) is 10.2 Å². The highest BCUT2D eigenvalue weighted by Crippen LogP contribution is 2.29. The first-order valence-corrected chi connectivity index (χ1v) is 8.83. The highest BCUT2D eigenvalue weighted by atomic mass is 19.4. The molecule has 0 saturated heterocycles. The summed E-state index contributed by atoms with van der Waals surface area (Å²) in [6.45, 7) is 1.77. The van der Waals surface area contributed by atoms with Crippen molar-refractivity contribution in [3.05, 3.63) is 71.3 Å². The van der Waals surface area contributed by atoms with Crippen molar-refractivity contribution in [3.8, 4) is 0 Å². The lowest BCUT2D eigenvalue weighted by molar-refractivity contribution is -0.137. The number of alkyl halides is 3. The number of nitrogens with zero attached hydrogens (tertiary/aromatic N) is 1. The summed E-state index contributed by atoms with van der Waals surface area (Å²) in [4.78, 5) is 25.8. The summed E-state index contributed by atoms with van der Waals surface area (Å²) < 4.78 is 37.8. The van der Waals surface area contributed by atoms with E-state index in [9.17, 15) is 22.8 Å². The number of amides is 1. The number of halogens is 3. The standard InChI is InChI=1S/C21H23F3N2O2/c1-15(27)19(12-16-6-4-3-5-7-16)25-20(28)14-26(2)13-17-8-10-18(11-9-17)21(22,23)24/h3-11,19H,12-14H2,1-2H3,(H,25,28)/t19-/m0/s1. The van der Waals surface area contributed by atoms with Crippen LogP contribution in [0.3, 0.4) is 0 Å². The summed E-state index contributed by atoms with van der Waals surface area (Å²) in [5.74, 6) is -0.451. The third kappa shape index (κ3) is 6.81. The third-order valence-electron chi connectivity index (χ3n) is 4.26. The second-order valence-corrected chi connectivity index (χ2v) is 6.79. The number of Topliss-reactive ketones (excluding diaryl/α,β-unsaturated/α-hetero) is 1. The molecule has 7 heteroatoms. The fraction of sp³-hybridized carbons (Fsp3) is 0.333. The van der Waals surface area contributed by atoms with Crippen LogP contribution in [0, 0.1) is 0 Å². The monoisotopic (exact) mass is 392 g/mol. The summed E-state index contributed by atoms with van der Waals surface area (Å²) in [7, 11) is 1.69. The highest BCUT2D eigenvalue weighted by molar-refractivity contribution is 5.88. The number of hydrogen-bond donors (Lipinski definition) is 1. The molecular weight excluding hydrogens is 369 g/mol. The summed E-state index contributed by atoms with van der Waals surface area (Å²) in [5.41, 5.74) is 0.902. The molecule has 0 fully saturated rings. The van der Waals surface area contributed by atoms with E-state index in [1.807, 2.05) is 30.3 Å². The van der Waals surface area contributed by atoms with Gasteiger partial charge in [0.05, 0.1) is 18.2 Å². The van der Waals surface area contributed by atoms with Crippen LogP contribution in [0.5, 0.6) is 0 Å². The van der Waals surface area contributed by atoms with Crippen LogP contribution in [-0.4, -0.2) is 36.2 Å². The van der Waals surface area contributed by atoms with E-state index in [-0.39, 0.29) is 18.2 Å². The maximum Gasteiger partial charge on any atom is 0.416 e. The van der Waals surface area contributed by atoms with Crippen molar-refractivity contribution >= 4 is 11.7 Å². The van der Waals surface area contributed by atoms with Gasteiger partial charge in [0.25, 0.3) is 0 Å². The predicted molar refractivity (Wildman–Crippen MR) is 101 cm³/mol. The van der Waals surface area contributed by atoms with Crippen molar-refractivity contribution in [2.45, 2.75) is 32.1 Å². The maximum atomic E-state index is 12.6. The van der Waals surface area contributed by atoms with Gasteiger partial charge in [-0.2, -0.15) is 13.2 Å². The summed E-state index contributed by atoms with van der Waals surface area (Å²) in [6.07, 6.45) is -3.96. The lowest BCUT2D eigenvalue weighted by Gasteiger charge is -2.20. The van der Waals surface area contributed by atoms with Gasteiger partial charge in [-0.1, -0.05) is 42.5 Å². The first-order valence-electron chi connectivity index (χ1n) is 8.83. The van der Waals surface area contributed by atoms with E-state index in [2.05, 4.69) is 5.32 Å². The van der Waals surface area contributed by atoms with Crippen molar-refractivity contribution in [3.63, 3.8) is 0 Å². The second-order valence-electron chi connectivity index (χ2n) is 6.79. The molecule has 0 unspecified atom stereocenters. The van der Waals surface area contributed by atoms with Crippen LogP contribution < -0.4 is 5.32 Å². The Morgan fingerprint density at radius 1 is 1.00 bits per heavy atom. The van der Waals surface area contributed by atoms with Crippen LogP contribution in [0.15, 0.2) is 54.6 Å². The lowest BCUT2D eigenvalue weighted by atomic mass is 10.0. The Morgan fingerprint density at radius 2 is 1.61 bits per heavy atom. The van der Waals surface area contributed by atoms with Gasteiger partial charge in [-0.25, -0.2) is 0 Å². The van der Waals surface area contributed by atoms with Gasteiger partial charge in [0.2, 0.25) is 5.91 Å². The molecule has 1 atom stereocenters. The Kier molecular flexibility index (Phi) is 7.34. The minimum Gasteiger partial charge on any atom is -0.345 e. The average molecular weight is 392 g/mol. The molecule has 4 nitrogen and oxygen atoms in total. The van der Waals surface area contributed by atoms with Gasteiger partial charge in [-0.05, 0) is 43.7 Å². The van der Waals surface area contributed by atoms with Crippen LogP contribution in [0.25, 0.3) is 0 Å². The number of carbonyl (C=O) groups is 2. The fourth-order valence-corrected chi connectivity index (χ4v) is 2.80. The molecule has 0 aliphatic rings. The molecule has 2 rings (SSSR count). The van der Waals surface area contributed by atoms with Gasteiger partial charge >= 0.3 is 6.18 Å². The van der Waals surface area contributed by atoms with Crippen LogP contribution in [-0.2, 0) is 28.7 Å². The zero-order valence-corrected chi connectivity index (χ0v) is 15.8. The molecule has 28 heavy (non-hydrogen) atoms. The number of rotatable bonds is 8. The molecule has 0 saturated carbocycles. The fourth-order valence-electron chi connectivity index (χ4n) is 2.80. The topological polar surface area (TPSA) is 49.4 Å². The summed E-state index contributed by atoms with van der Waals surface area (Å²) in [6, 6.07) is 13.6. The molecular formula is C21H23F3N2O2. The molecule has 1 amide bonds. The highest BCUT2D eigenvalue weighted by Gasteiger charge is 2.30. The predicted octanol–water partition coefficient (Wildman–Crippen LogP) is 3.45. The van der Waals surface area contributed by atoms with Crippen LogP contribution >= 0.6 is 0 Å². The Bertz CT molecular complexity index is 790. The molecule has 2 aromatic carbocycles. The molecule has 0 bridgehead atoms. The normalized spacial score (nSPS) is 12.6. The number of nitrogens with one attached hydrogen (secondary N) is 1. The Hall–Kier alpha value is -2.67. The number of ketones is 1. The zero-order valence-electron chi connectivity index (χ0n) is 15.8. The first kappa shape index (κ1) is 21.6. The molecule has 0 aliphatic heterocycles. The van der Waals surface area contributed by atoms with E-state index < -0.39 is 17.8 Å². The second kappa shape index (κ2) is 9.50. The molecule has 150 valence electrons. The summed E-state index contributed by atoms with van der Waals surface area (Å²) in [5, 5.41) is 2.73. The first-order chi connectivity index (χ1) is 13.1. The quantitative estimate of drug-likeness (QED) is 0.749. The molecule has 1 N–H and O–H groups in total.